The molecule has 1 aliphatic heterocycles. The minimum Gasteiger partial charge on any atom is -0.347 e. The Labute approximate surface area is 154 Å². The van der Waals surface area contributed by atoms with E-state index in [1.807, 2.05) is 48.5 Å². The Morgan fingerprint density at radius 2 is 1.62 bits per heavy atom. The molecule has 0 radical (unpaired) electrons. The zero-order chi connectivity index (χ0) is 18.2. The van der Waals surface area contributed by atoms with Gasteiger partial charge in [0, 0.05) is 12.2 Å². The summed E-state index contributed by atoms with van der Waals surface area (Å²) in [7, 11) is 0. The second-order valence-corrected chi connectivity index (χ2v) is 6.67. The van der Waals surface area contributed by atoms with Gasteiger partial charge in [0.1, 0.15) is 0 Å². The first-order valence-corrected chi connectivity index (χ1v) is 9.11. The maximum Gasteiger partial charge on any atom is 0.243 e. The fourth-order valence-electron chi connectivity index (χ4n) is 3.17. The summed E-state index contributed by atoms with van der Waals surface area (Å²) in [5, 5.41) is 5.52. The smallest absolute Gasteiger partial charge is 0.243 e. The minimum atomic E-state index is -0.218. The Hall–Kier alpha value is -2.66. The number of likely N-dealkylation sites (tertiary alicyclic amines) is 1. The first kappa shape index (κ1) is 18.1. The average molecular weight is 351 g/mol. The van der Waals surface area contributed by atoms with E-state index < -0.39 is 0 Å². The molecule has 136 valence electrons. The van der Waals surface area contributed by atoms with Crippen LogP contribution in [0, 0.1) is 0 Å². The highest BCUT2D eigenvalue weighted by atomic mass is 16.2. The van der Waals surface area contributed by atoms with Crippen molar-refractivity contribution in [1.82, 2.24) is 10.2 Å². The summed E-state index contributed by atoms with van der Waals surface area (Å²) in [6.07, 6.45) is 2.80. The van der Waals surface area contributed by atoms with Crippen molar-refractivity contribution in [3.05, 3.63) is 65.7 Å². The highest BCUT2D eigenvalue weighted by Gasteiger charge is 2.12. The second-order valence-electron chi connectivity index (χ2n) is 6.67. The van der Waals surface area contributed by atoms with Gasteiger partial charge < -0.3 is 10.6 Å². The lowest BCUT2D eigenvalue weighted by molar-refractivity contribution is -0.123. The average Bonchev–Trinajstić information content (AvgIpc) is 3.14. The Morgan fingerprint density at radius 3 is 2.38 bits per heavy atom. The molecule has 5 heteroatoms. The molecule has 0 bridgehead atoms. The fraction of sp³-hybridized carbons (Fsp3) is 0.333. The van der Waals surface area contributed by atoms with Gasteiger partial charge in [-0.05, 0) is 49.2 Å². The lowest BCUT2D eigenvalue weighted by Gasteiger charge is -2.15. The SMILES string of the molecule is O=C(Cc1ccccc1)NCC(=O)Nc1cccc(CN2CCCC2)c1. The first-order valence-electron chi connectivity index (χ1n) is 9.11. The van der Waals surface area contributed by atoms with Gasteiger partial charge in [-0.3, -0.25) is 14.5 Å². The van der Waals surface area contributed by atoms with E-state index in [4.69, 9.17) is 0 Å². The number of hydrogen-bond donors (Lipinski definition) is 2. The predicted octanol–water partition coefficient (Wildman–Crippen LogP) is 2.58. The van der Waals surface area contributed by atoms with Crippen LogP contribution in [-0.2, 0) is 22.6 Å². The molecule has 3 rings (SSSR count). The van der Waals surface area contributed by atoms with E-state index in [-0.39, 0.29) is 24.8 Å². The summed E-state index contributed by atoms with van der Waals surface area (Å²) in [5.74, 6) is -0.376. The van der Waals surface area contributed by atoms with E-state index in [0.29, 0.717) is 0 Å². The van der Waals surface area contributed by atoms with Crippen molar-refractivity contribution in [2.24, 2.45) is 0 Å². The number of benzene rings is 2. The van der Waals surface area contributed by atoms with Gasteiger partial charge in [-0.15, -0.1) is 0 Å². The topological polar surface area (TPSA) is 61.4 Å². The Balaban J connectivity index is 1.44. The van der Waals surface area contributed by atoms with Crippen molar-refractivity contribution in [2.45, 2.75) is 25.8 Å². The number of rotatable bonds is 7. The Morgan fingerprint density at radius 1 is 0.885 bits per heavy atom. The van der Waals surface area contributed by atoms with Crippen molar-refractivity contribution < 1.29 is 9.59 Å². The summed E-state index contributed by atoms with van der Waals surface area (Å²) >= 11 is 0. The maximum atomic E-state index is 12.1. The number of nitrogens with one attached hydrogen (secondary N) is 2. The summed E-state index contributed by atoms with van der Waals surface area (Å²) in [6, 6.07) is 17.4. The molecular weight excluding hydrogens is 326 g/mol. The molecular formula is C21H25N3O2. The lowest BCUT2D eigenvalue weighted by Crippen LogP contribution is -2.33. The number of anilines is 1. The number of carbonyl (C=O) groups is 2. The number of carbonyl (C=O) groups excluding carboxylic acids is 2. The monoisotopic (exact) mass is 351 g/mol. The predicted molar refractivity (Wildman–Crippen MR) is 103 cm³/mol. The van der Waals surface area contributed by atoms with Gasteiger partial charge in [-0.1, -0.05) is 42.5 Å². The van der Waals surface area contributed by atoms with Crippen LogP contribution in [0.4, 0.5) is 5.69 Å². The molecule has 2 aromatic rings. The normalized spacial score (nSPS) is 14.2. The number of nitrogens with zero attached hydrogens (tertiary/aromatic N) is 1. The van der Waals surface area contributed by atoms with Gasteiger partial charge in [0.25, 0.3) is 0 Å². The number of hydrogen-bond acceptors (Lipinski definition) is 3. The molecule has 26 heavy (non-hydrogen) atoms. The second kappa shape index (κ2) is 9.15. The summed E-state index contributed by atoms with van der Waals surface area (Å²) < 4.78 is 0. The fourth-order valence-corrected chi connectivity index (χ4v) is 3.17. The first-order chi connectivity index (χ1) is 12.7. The van der Waals surface area contributed by atoms with E-state index in [1.165, 1.54) is 18.4 Å². The van der Waals surface area contributed by atoms with Crippen LogP contribution < -0.4 is 10.6 Å². The van der Waals surface area contributed by atoms with Crippen LogP contribution in [0.3, 0.4) is 0 Å². The third-order valence-corrected chi connectivity index (χ3v) is 4.47. The van der Waals surface area contributed by atoms with Crippen molar-refractivity contribution in [1.29, 1.82) is 0 Å². The molecule has 0 aliphatic carbocycles. The highest BCUT2D eigenvalue weighted by molar-refractivity contribution is 5.94. The van der Waals surface area contributed by atoms with Crippen LogP contribution in [0.25, 0.3) is 0 Å². The van der Waals surface area contributed by atoms with Crippen LogP contribution in [0.15, 0.2) is 54.6 Å². The molecule has 0 atom stereocenters. The van der Waals surface area contributed by atoms with Gasteiger partial charge in [0.05, 0.1) is 13.0 Å². The summed E-state index contributed by atoms with van der Waals surface area (Å²) in [5.41, 5.74) is 2.89. The zero-order valence-corrected chi connectivity index (χ0v) is 14.9. The standard InChI is InChI=1S/C21H25N3O2/c25-20(14-17-7-2-1-3-8-17)22-15-21(26)23-19-10-6-9-18(13-19)16-24-11-4-5-12-24/h1-3,6-10,13H,4-5,11-12,14-16H2,(H,22,25)(H,23,26). The van der Waals surface area contributed by atoms with Gasteiger partial charge >= 0.3 is 0 Å². The van der Waals surface area contributed by atoms with Crippen molar-refractivity contribution in [2.75, 3.05) is 25.0 Å². The molecule has 1 aliphatic rings. The van der Waals surface area contributed by atoms with Crippen molar-refractivity contribution >= 4 is 17.5 Å². The third kappa shape index (κ3) is 5.70. The molecule has 1 fully saturated rings. The molecule has 2 N–H and O–H groups in total. The van der Waals surface area contributed by atoms with E-state index in [1.54, 1.807) is 0 Å². The molecule has 0 unspecified atom stereocenters. The molecule has 1 heterocycles. The molecule has 2 aromatic carbocycles. The van der Waals surface area contributed by atoms with E-state index >= 15 is 0 Å². The Kier molecular flexibility index (Phi) is 6.39. The summed E-state index contributed by atoms with van der Waals surface area (Å²) in [6.45, 7) is 3.17. The van der Waals surface area contributed by atoms with Crippen LogP contribution >= 0.6 is 0 Å². The lowest BCUT2D eigenvalue weighted by atomic mass is 10.1. The van der Waals surface area contributed by atoms with Crippen molar-refractivity contribution in [3.63, 3.8) is 0 Å². The molecule has 5 nitrogen and oxygen atoms in total. The molecule has 0 aromatic heterocycles. The third-order valence-electron chi connectivity index (χ3n) is 4.47. The summed E-state index contributed by atoms with van der Waals surface area (Å²) in [4.78, 5) is 26.4. The van der Waals surface area contributed by atoms with Crippen LogP contribution in [0.1, 0.15) is 24.0 Å². The molecule has 1 saturated heterocycles. The molecule has 2 amide bonds. The minimum absolute atomic E-state index is 0.0258. The highest BCUT2D eigenvalue weighted by Crippen LogP contribution is 2.16. The zero-order valence-electron chi connectivity index (χ0n) is 14.9. The maximum absolute atomic E-state index is 12.1. The van der Waals surface area contributed by atoms with Crippen LogP contribution in [-0.4, -0.2) is 36.3 Å². The van der Waals surface area contributed by atoms with E-state index in [2.05, 4.69) is 21.6 Å². The van der Waals surface area contributed by atoms with Gasteiger partial charge in [-0.2, -0.15) is 0 Å². The van der Waals surface area contributed by atoms with Crippen LogP contribution in [0.5, 0.6) is 0 Å². The van der Waals surface area contributed by atoms with Gasteiger partial charge in [0.15, 0.2) is 0 Å². The van der Waals surface area contributed by atoms with E-state index in [0.717, 1.165) is 30.9 Å². The van der Waals surface area contributed by atoms with E-state index in [9.17, 15) is 9.59 Å². The van der Waals surface area contributed by atoms with Crippen molar-refractivity contribution in [3.8, 4) is 0 Å². The van der Waals surface area contributed by atoms with Crippen LogP contribution in [0.2, 0.25) is 0 Å². The largest absolute Gasteiger partial charge is 0.347 e. The quantitative estimate of drug-likeness (QED) is 0.806. The molecule has 0 spiro atoms. The Bertz CT molecular complexity index is 740. The van der Waals surface area contributed by atoms with Gasteiger partial charge in [-0.25, -0.2) is 0 Å². The number of amides is 2. The van der Waals surface area contributed by atoms with Gasteiger partial charge in [0.2, 0.25) is 11.8 Å². The molecule has 0 saturated carbocycles.